The van der Waals surface area contributed by atoms with Crippen LogP contribution >= 0.6 is 23.1 Å². The summed E-state index contributed by atoms with van der Waals surface area (Å²) in [6, 6.07) is 5.37. The number of nitrogens with zero attached hydrogens (tertiary/aromatic N) is 2. The molecule has 8 nitrogen and oxygen atoms in total. The molecule has 1 N–H and O–H groups in total. The van der Waals surface area contributed by atoms with E-state index >= 15 is 0 Å². The standard InChI is InChI=1S/C17H21N3O5S2/c1-5-13(26-9-14(21)25-4)15(22)18-17-20-19-16(27-17)11-8-10(23-2)6-7-12(11)24-3/h6-8,13H,5,9H2,1-4H3,(H,18,20,22)/t13-/m0/s1. The number of ether oxygens (including phenoxy) is 3. The van der Waals surface area contributed by atoms with Gasteiger partial charge in [-0.2, -0.15) is 0 Å². The quantitative estimate of drug-likeness (QED) is 0.629. The van der Waals surface area contributed by atoms with Crippen LogP contribution in [0.5, 0.6) is 11.5 Å². The van der Waals surface area contributed by atoms with Crippen molar-refractivity contribution >= 4 is 40.1 Å². The zero-order valence-corrected chi connectivity index (χ0v) is 17.1. The van der Waals surface area contributed by atoms with E-state index in [4.69, 9.17) is 9.47 Å². The second kappa shape index (κ2) is 10.1. The summed E-state index contributed by atoms with van der Waals surface area (Å²) in [5, 5.41) is 11.5. The molecule has 0 aliphatic carbocycles. The van der Waals surface area contributed by atoms with Crippen molar-refractivity contribution in [3.05, 3.63) is 18.2 Å². The van der Waals surface area contributed by atoms with Crippen molar-refractivity contribution in [3.63, 3.8) is 0 Å². The molecule has 0 saturated heterocycles. The number of carbonyl (C=O) groups is 2. The zero-order chi connectivity index (χ0) is 19.8. The lowest BCUT2D eigenvalue weighted by molar-refractivity contribution is -0.137. The zero-order valence-electron chi connectivity index (χ0n) is 15.5. The maximum absolute atomic E-state index is 12.4. The predicted octanol–water partition coefficient (Wildman–Crippen LogP) is 2.85. The van der Waals surface area contributed by atoms with Gasteiger partial charge in [0.2, 0.25) is 11.0 Å². The summed E-state index contributed by atoms with van der Waals surface area (Å²) >= 11 is 2.46. The molecular weight excluding hydrogens is 390 g/mol. The Hall–Kier alpha value is -2.33. The minimum atomic E-state index is -0.386. The highest BCUT2D eigenvalue weighted by Crippen LogP contribution is 2.36. The third-order valence-corrected chi connectivity index (χ3v) is 5.81. The number of nitrogens with one attached hydrogen (secondary N) is 1. The largest absolute Gasteiger partial charge is 0.497 e. The fourth-order valence-corrected chi connectivity index (χ4v) is 3.82. The average Bonchev–Trinajstić information content (AvgIpc) is 3.15. The van der Waals surface area contributed by atoms with E-state index < -0.39 is 0 Å². The van der Waals surface area contributed by atoms with Crippen molar-refractivity contribution < 1.29 is 23.8 Å². The highest BCUT2D eigenvalue weighted by atomic mass is 32.2. The van der Waals surface area contributed by atoms with Crippen LogP contribution in [0.25, 0.3) is 10.6 Å². The van der Waals surface area contributed by atoms with E-state index in [1.54, 1.807) is 32.4 Å². The Morgan fingerprint density at radius 3 is 2.63 bits per heavy atom. The molecule has 2 aromatic rings. The van der Waals surface area contributed by atoms with Crippen LogP contribution in [-0.2, 0) is 14.3 Å². The van der Waals surface area contributed by atoms with Gasteiger partial charge < -0.3 is 14.2 Å². The maximum Gasteiger partial charge on any atom is 0.315 e. The first-order valence-corrected chi connectivity index (χ1v) is 9.94. The van der Waals surface area contributed by atoms with Crippen LogP contribution in [0.3, 0.4) is 0 Å². The van der Waals surface area contributed by atoms with Gasteiger partial charge in [0.1, 0.15) is 11.5 Å². The molecule has 10 heteroatoms. The lowest BCUT2D eigenvalue weighted by Crippen LogP contribution is -2.25. The molecule has 2 rings (SSSR count). The fraction of sp³-hybridized carbons (Fsp3) is 0.412. The molecule has 1 amide bonds. The lowest BCUT2D eigenvalue weighted by Gasteiger charge is -2.12. The van der Waals surface area contributed by atoms with Gasteiger partial charge >= 0.3 is 5.97 Å². The number of thioether (sulfide) groups is 1. The van der Waals surface area contributed by atoms with E-state index in [0.717, 1.165) is 5.56 Å². The molecule has 0 unspecified atom stereocenters. The summed E-state index contributed by atoms with van der Waals surface area (Å²) in [4.78, 5) is 23.7. The van der Waals surface area contributed by atoms with Crippen molar-refractivity contribution in [2.75, 3.05) is 32.4 Å². The number of carbonyl (C=O) groups excluding carboxylic acids is 2. The second-order valence-electron chi connectivity index (χ2n) is 5.25. The molecule has 1 atom stereocenters. The number of esters is 1. The molecule has 0 spiro atoms. The molecule has 1 aromatic heterocycles. The van der Waals surface area contributed by atoms with Gasteiger partial charge in [-0.15, -0.1) is 22.0 Å². The molecule has 1 heterocycles. The van der Waals surface area contributed by atoms with Crippen LogP contribution in [0.4, 0.5) is 5.13 Å². The number of anilines is 1. The van der Waals surface area contributed by atoms with Gasteiger partial charge in [0.05, 0.1) is 37.9 Å². The summed E-state index contributed by atoms with van der Waals surface area (Å²) in [7, 11) is 4.47. The van der Waals surface area contributed by atoms with Gasteiger partial charge in [0, 0.05) is 0 Å². The Balaban J connectivity index is 2.11. The molecule has 0 aliphatic rings. The Morgan fingerprint density at radius 2 is 2.00 bits per heavy atom. The van der Waals surface area contributed by atoms with Crippen molar-refractivity contribution in [3.8, 4) is 22.1 Å². The van der Waals surface area contributed by atoms with Crippen molar-refractivity contribution in [2.24, 2.45) is 0 Å². The molecule has 0 saturated carbocycles. The van der Waals surface area contributed by atoms with Gasteiger partial charge in [0.25, 0.3) is 0 Å². The molecule has 27 heavy (non-hydrogen) atoms. The van der Waals surface area contributed by atoms with E-state index in [-0.39, 0.29) is 22.9 Å². The Kier molecular flexibility index (Phi) is 7.86. The molecule has 0 fully saturated rings. The molecule has 146 valence electrons. The number of methoxy groups -OCH3 is 3. The van der Waals surface area contributed by atoms with Gasteiger partial charge in [0.15, 0.2) is 5.01 Å². The first-order chi connectivity index (χ1) is 13.0. The maximum atomic E-state index is 12.4. The van der Waals surface area contributed by atoms with E-state index in [1.165, 1.54) is 30.2 Å². The summed E-state index contributed by atoms with van der Waals surface area (Å²) in [6.07, 6.45) is 0.572. The predicted molar refractivity (Wildman–Crippen MR) is 106 cm³/mol. The average molecular weight is 412 g/mol. The third kappa shape index (κ3) is 5.57. The number of aromatic nitrogens is 2. The van der Waals surface area contributed by atoms with Crippen LogP contribution in [0.2, 0.25) is 0 Å². The van der Waals surface area contributed by atoms with Crippen LogP contribution in [-0.4, -0.2) is 54.4 Å². The van der Waals surface area contributed by atoms with E-state index in [2.05, 4.69) is 20.3 Å². The number of rotatable bonds is 9. The van der Waals surface area contributed by atoms with Gasteiger partial charge in [-0.1, -0.05) is 18.3 Å². The van der Waals surface area contributed by atoms with Crippen LogP contribution < -0.4 is 14.8 Å². The minimum absolute atomic E-state index is 0.116. The van der Waals surface area contributed by atoms with Crippen LogP contribution in [0.1, 0.15) is 13.3 Å². The monoisotopic (exact) mass is 411 g/mol. The Labute approximate surface area is 165 Å². The smallest absolute Gasteiger partial charge is 0.315 e. The molecule has 1 aromatic carbocycles. The second-order valence-corrected chi connectivity index (χ2v) is 7.42. The van der Waals surface area contributed by atoms with Gasteiger partial charge in [-0.05, 0) is 24.6 Å². The SMILES string of the molecule is CC[C@H](SCC(=O)OC)C(=O)Nc1nnc(-c2cc(OC)ccc2OC)s1. The summed E-state index contributed by atoms with van der Waals surface area (Å²) < 4.78 is 15.2. The highest BCUT2D eigenvalue weighted by Gasteiger charge is 2.21. The first-order valence-electron chi connectivity index (χ1n) is 8.07. The molecule has 0 radical (unpaired) electrons. The van der Waals surface area contributed by atoms with Crippen molar-refractivity contribution in [1.29, 1.82) is 0 Å². The summed E-state index contributed by atoms with van der Waals surface area (Å²) in [5.74, 6) is 0.813. The summed E-state index contributed by atoms with van der Waals surface area (Å²) in [5.41, 5.74) is 0.724. The number of amides is 1. The fourth-order valence-electron chi connectivity index (χ4n) is 2.16. The van der Waals surface area contributed by atoms with Crippen LogP contribution in [0.15, 0.2) is 18.2 Å². The number of hydrogen-bond donors (Lipinski definition) is 1. The van der Waals surface area contributed by atoms with Crippen molar-refractivity contribution in [1.82, 2.24) is 10.2 Å². The Bertz CT molecular complexity index is 797. The molecule has 0 bridgehead atoms. The third-order valence-electron chi connectivity index (χ3n) is 3.59. The lowest BCUT2D eigenvalue weighted by atomic mass is 10.2. The minimum Gasteiger partial charge on any atom is -0.497 e. The first kappa shape index (κ1) is 21.0. The molecule has 0 aliphatic heterocycles. The Morgan fingerprint density at radius 1 is 1.22 bits per heavy atom. The molecular formula is C17H21N3O5S2. The number of hydrogen-bond acceptors (Lipinski definition) is 9. The topological polar surface area (TPSA) is 99.6 Å². The van der Waals surface area contributed by atoms with E-state index in [1.807, 2.05) is 6.92 Å². The normalized spacial score (nSPS) is 11.6. The summed E-state index contributed by atoms with van der Waals surface area (Å²) in [6.45, 7) is 1.88. The van der Waals surface area contributed by atoms with E-state index in [0.29, 0.717) is 28.1 Å². The number of benzene rings is 1. The highest BCUT2D eigenvalue weighted by molar-refractivity contribution is 8.01. The van der Waals surface area contributed by atoms with Gasteiger partial charge in [-0.3, -0.25) is 14.9 Å². The van der Waals surface area contributed by atoms with Crippen molar-refractivity contribution in [2.45, 2.75) is 18.6 Å². The van der Waals surface area contributed by atoms with E-state index in [9.17, 15) is 9.59 Å². The van der Waals surface area contributed by atoms with Crippen LogP contribution in [0, 0.1) is 0 Å². The van der Waals surface area contributed by atoms with Gasteiger partial charge in [-0.25, -0.2) is 0 Å².